The molecule has 0 spiro atoms. The molecule has 0 bridgehead atoms. The van der Waals surface area contributed by atoms with E-state index >= 15 is 0 Å². The fourth-order valence-electron chi connectivity index (χ4n) is 1.56. The summed E-state index contributed by atoms with van der Waals surface area (Å²) in [5.41, 5.74) is 0.827. The van der Waals surface area contributed by atoms with Gasteiger partial charge in [-0.2, -0.15) is 0 Å². The number of carbonyl (C=O) groups excluding carboxylic acids is 1. The lowest BCUT2D eigenvalue weighted by molar-refractivity contribution is 0.0977. The molecular weight excluding hydrogens is 240 g/mol. The van der Waals surface area contributed by atoms with Crippen LogP contribution in [0.3, 0.4) is 0 Å². The average molecular weight is 253 g/mol. The monoisotopic (exact) mass is 252 g/mol. The molecule has 0 radical (unpaired) electrons. The lowest BCUT2D eigenvalue weighted by atomic mass is 10.1. The molecule has 2 rings (SSSR count). The van der Waals surface area contributed by atoms with E-state index in [2.05, 4.69) is 15.9 Å². The topological polar surface area (TPSA) is 17.1 Å². The molecule has 0 atom stereocenters. The van der Waals surface area contributed by atoms with E-state index in [0.29, 0.717) is 6.42 Å². The van der Waals surface area contributed by atoms with E-state index in [1.54, 1.807) is 0 Å². The average Bonchev–Trinajstić information content (AvgIpc) is 2.98. The zero-order chi connectivity index (χ0) is 9.97. The van der Waals surface area contributed by atoms with Crippen LogP contribution in [-0.2, 0) is 0 Å². The van der Waals surface area contributed by atoms with Crippen LogP contribution in [0.25, 0.3) is 0 Å². The molecule has 0 saturated heterocycles. The van der Waals surface area contributed by atoms with Crippen LogP contribution in [0.2, 0.25) is 0 Å². The van der Waals surface area contributed by atoms with Gasteiger partial charge < -0.3 is 0 Å². The molecule has 0 heterocycles. The van der Waals surface area contributed by atoms with Gasteiger partial charge in [-0.3, -0.25) is 4.79 Å². The molecule has 0 aliphatic heterocycles. The van der Waals surface area contributed by atoms with Crippen LogP contribution < -0.4 is 0 Å². The van der Waals surface area contributed by atoms with Gasteiger partial charge in [0.15, 0.2) is 5.78 Å². The van der Waals surface area contributed by atoms with Crippen molar-refractivity contribution in [3.8, 4) is 0 Å². The molecular formula is C12H13BrO. The first kappa shape index (κ1) is 9.91. The Morgan fingerprint density at radius 2 is 2.07 bits per heavy atom. The van der Waals surface area contributed by atoms with Gasteiger partial charge in [-0.15, -0.1) is 0 Å². The maximum absolute atomic E-state index is 11.8. The standard InChI is InChI=1S/C12H13BrO/c13-11-4-2-1-3-10(11)12(14)8-7-9-5-6-9/h1-4,9H,5-8H2. The molecule has 14 heavy (non-hydrogen) atoms. The first-order valence-corrected chi connectivity index (χ1v) is 5.84. The fourth-order valence-corrected chi connectivity index (χ4v) is 2.07. The zero-order valence-electron chi connectivity index (χ0n) is 8.00. The lowest BCUT2D eigenvalue weighted by Gasteiger charge is -2.02. The van der Waals surface area contributed by atoms with Crippen LogP contribution in [0.1, 0.15) is 36.0 Å². The number of hydrogen-bond acceptors (Lipinski definition) is 1. The second kappa shape index (κ2) is 4.26. The van der Waals surface area contributed by atoms with Gasteiger partial charge in [0, 0.05) is 16.5 Å². The first-order chi connectivity index (χ1) is 6.77. The Morgan fingerprint density at radius 3 is 2.71 bits per heavy atom. The molecule has 1 aromatic rings. The van der Waals surface area contributed by atoms with E-state index in [1.807, 2.05) is 24.3 Å². The van der Waals surface area contributed by atoms with E-state index in [0.717, 1.165) is 22.4 Å². The van der Waals surface area contributed by atoms with Crippen LogP contribution in [0.5, 0.6) is 0 Å². The highest BCUT2D eigenvalue weighted by atomic mass is 79.9. The Labute approximate surface area is 92.6 Å². The summed E-state index contributed by atoms with van der Waals surface area (Å²) in [5, 5.41) is 0. The van der Waals surface area contributed by atoms with Crippen molar-refractivity contribution in [1.82, 2.24) is 0 Å². The van der Waals surface area contributed by atoms with Crippen molar-refractivity contribution in [3.63, 3.8) is 0 Å². The summed E-state index contributed by atoms with van der Waals surface area (Å²) in [6.45, 7) is 0. The first-order valence-electron chi connectivity index (χ1n) is 5.05. The summed E-state index contributed by atoms with van der Waals surface area (Å²) >= 11 is 3.40. The van der Waals surface area contributed by atoms with Crippen LogP contribution in [-0.4, -0.2) is 5.78 Å². The molecule has 0 N–H and O–H groups in total. The molecule has 1 saturated carbocycles. The van der Waals surface area contributed by atoms with Crippen molar-refractivity contribution >= 4 is 21.7 Å². The van der Waals surface area contributed by atoms with Crippen molar-refractivity contribution in [2.75, 3.05) is 0 Å². The molecule has 1 aliphatic rings. The van der Waals surface area contributed by atoms with Crippen LogP contribution in [0.15, 0.2) is 28.7 Å². The normalized spacial score (nSPS) is 15.5. The quantitative estimate of drug-likeness (QED) is 0.745. The Kier molecular flexibility index (Phi) is 3.02. The van der Waals surface area contributed by atoms with Crippen molar-refractivity contribution in [2.45, 2.75) is 25.7 Å². The summed E-state index contributed by atoms with van der Waals surface area (Å²) in [7, 11) is 0. The second-order valence-corrected chi connectivity index (χ2v) is 4.74. The number of halogens is 1. The van der Waals surface area contributed by atoms with E-state index < -0.39 is 0 Å². The Balaban J connectivity index is 1.98. The highest BCUT2D eigenvalue weighted by Crippen LogP contribution is 2.34. The van der Waals surface area contributed by atoms with Gasteiger partial charge in [0.25, 0.3) is 0 Å². The minimum absolute atomic E-state index is 0.268. The maximum Gasteiger partial charge on any atom is 0.164 e. The summed E-state index contributed by atoms with van der Waals surface area (Å²) in [4.78, 5) is 11.8. The van der Waals surface area contributed by atoms with Crippen molar-refractivity contribution in [1.29, 1.82) is 0 Å². The molecule has 2 heteroatoms. The third-order valence-corrected chi connectivity index (χ3v) is 3.34. The zero-order valence-corrected chi connectivity index (χ0v) is 9.59. The van der Waals surface area contributed by atoms with Gasteiger partial charge in [-0.05, 0) is 18.4 Å². The third-order valence-electron chi connectivity index (χ3n) is 2.65. The van der Waals surface area contributed by atoms with E-state index in [9.17, 15) is 4.79 Å². The minimum Gasteiger partial charge on any atom is -0.294 e. The number of benzene rings is 1. The smallest absolute Gasteiger partial charge is 0.164 e. The maximum atomic E-state index is 11.8. The van der Waals surface area contributed by atoms with Gasteiger partial charge in [-0.25, -0.2) is 0 Å². The van der Waals surface area contributed by atoms with Gasteiger partial charge in [0.1, 0.15) is 0 Å². The van der Waals surface area contributed by atoms with Crippen LogP contribution in [0.4, 0.5) is 0 Å². The van der Waals surface area contributed by atoms with Crippen molar-refractivity contribution in [2.24, 2.45) is 5.92 Å². The van der Waals surface area contributed by atoms with E-state index in [1.165, 1.54) is 12.8 Å². The van der Waals surface area contributed by atoms with Crippen LogP contribution >= 0.6 is 15.9 Å². The summed E-state index contributed by atoms with van der Waals surface area (Å²) in [5.74, 6) is 1.10. The number of rotatable bonds is 4. The molecule has 74 valence electrons. The molecule has 1 aliphatic carbocycles. The third kappa shape index (κ3) is 2.44. The van der Waals surface area contributed by atoms with E-state index in [4.69, 9.17) is 0 Å². The predicted molar refractivity (Wildman–Crippen MR) is 60.4 cm³/mol. The van der Waals surface area contributed by atoms with Gasteiger partial charge in [0.05, 0.1) is 0 Å². The fraction of sp³-hybridized carbons (Fsp3) is 0.417. The Bertz CT molecular complexity index is 342. The molecule has 1 fully saturated rings. The Morgan fingerprint density at radius 1 is 1.36 bits per heavy atom. The highest BCUT2D eigenvalue weighted by Gasteiger charge is 2.22. The summed E-state index contributed by atoms with van der Waals surface area (Å²) in [6.07, 6.45) is 4.42. The van der Waals surface area contributed by atoms with Gasteiger partial charge >= 0.3 is 0 Å². The van der Waals surface area contributed by atoms with E-state index in [-0.39, 0.29) is 5.78 Å². The number of ketones is 1. The molecule has 0 aromatic heterocycles. The molecule has 0 unspecified atom stereocenters. The highest BCUT2D eigenvalue weighted by molar-refractivity contribution is 9.10. The largest absolute Gasteiger partial charge is 0.294 e. The number of hydrogen-bond donors (Lipinski definition) is 0. The van der Waals surface area contributed by atoms with Crippen molar-refractivity contribution in [3.05, 3.63) is 34.3 Å². The SMILES string of the molecule is O=C(CCC1CC1)c1ccccc1Br. The van der Waals surface area contributed by atoms with Crippen molar-refractivity contribution < 1.29 is 4.79 Å². The number of Topliss-reactive ketones (excluding diaryl/α,β-unsaturated/α-hetero) is 1. The Hall–Kier alpha value is -0.630. The predicted octanol–water partition coefficient (Wildman–Crippen LogP) is 3.82. The molecule has 1 aromatic carbocycles. The van der Waals surface area contributed by atoms with Gasteiger partial charge in [-0.1, -0.05) is 47.0 Å². The minimum atomic E-state index is 0.268. The summed E-state index contributed by atoms with van der Waals surface area (Å²) in [6, 6.07) is 7.65. The van der Waals surface area contributed by atoms with Gasteiger partial charge in [0.2, 0.25) is 0 Å². The second-order valence-electron chi connectivity index (χ2n) is 3.89. The van der Waals surface area contributed by atoms with Crippen LogP contribution in [0, 0.1) is 5.92 Å². The lowest BCUT2D eigenvalue weighted by Crippen LogP contribution is -2.00. The summed E-state index contributed by atoms with van der Waals surface area (Å²) < 4.78 is 0.917. The number of carbonyl (C=O) groups is 1. The molecule has 1 nitrogen and oxygen atoms in total. The molecule has 0 amide bonds.